The Hall–Kier alpha value is -2.66. The van der Waals surface area contributed by atoms with E-state index in [1.54, 1.807) is 45.1 Å². The van der Waals surface area contributed by atoms with E-state index in [-0.39, 0.29) is 24.0 Å². The van der Waals surface area contributed by atoms with E-state index in [9.17, 15) is 14.7 Å². The van der Waals surface area contributed by atoms with Gasteiger partial charge in [-0.05, 0) is 38.8 Å². The van der Waals surface area contributed by atoms with Crippen molar-refractivity contribution >= 4 is 31.4 Å². The highest BCUT2D eigenvalue weighted by Crippen LogP contribution is 2.35. The van der Waals surface area contributed by atoms with Crippen LogP contribution in [0.1, 0.15) is 50.0 Å². The van der Waals surface area contributed by atoms with Gasteiger partial charge in [-0.15, -0.1) is 0 Å². The molecule has 3 rings (SSSR count). The zero-order chi connectivity index (χ0) is 26.6. The number of aliphatic hydroxyl groups is 1. The number of benzene rings is 1. The van der Waals surface area contributed by atoms with Gasteiger partial charge in [0.2, 0.25) is 7.85 Å². The molecule has 0 bridgehead atoms. The number of carbonyl (C=O) groups is 2. The largest absolute Gasteiger partial charge is 0.467 e. The van der Waals surface area contributed by atoms with Gasteiger partial charge in [0.15, 0.2) is 18.4 Å². The number of aliphatic hydroxyl groups excluding tert-OH is 1. The first-order valence-electron chi connectivity index (χ1n) is 11.9. The Bertz CT molecular complexity index is 1020. The number of anilines is 1. The summed E-state index contributed by atoms with van der Waals surface area (Å²) in [5.74, 6) is -2.16. The highest BCUT2D eigenvalue weighted by Gasteiger charge is 2.43. The standard InChI is InChI=1S/C26H34BNO8/c1-15-10-11-19(29)23-20(35-26(3,4)36-23)9-7-8-17-12-18(28(5)25(27)31)13-21(33-14-32-6)22(17)24(30)34-16(15)2/h7-8,10-13,15-16,19-20,23,29H,9,14H2,1-6H3/t15-,16+,19?,20+,23-/m1/s1. The second kappa shape index (κ2) is 11.6. The third-order valence-electron chi connectivity index (χ3n) is 6.24. The molecule has 36 heavy (non-hydrogen) atoms. The molecule has 2 aliphatic heterocycles. The number of nitrogens with zero attached hydrogens (tertiary/aromatic N) is 1. The Morgan fingerprint density at radius 3 is 2.64 bits per heavy atom. The summed E-state index contributed by atoms with van der Waals surface area (Å²) in [6.07, 6.45) is 4.95. The van der Waals surface area contributed by atoms with Crippen LogP contribution in [0.5, 0.6) is 5.75 Å². The average Bonchev–Trinajstić information content (AvgIpc) is 3.13. The van der Waals surface area contributed by atoms with Crippen molar-refractivity contribution in [2.24, 2.45) is 5.92 Å². The average molecular weight is 499 g/mol. The van der Waals surface area contributed by atoms with Crippen molar-refractivity contribution in [3.63, 3.8) is 0 Å². The van der Waals surface area contributed by atoms with Gasteiger partial charge in [0, 0.05) is 31.8 Å². The molecule has 0 saturated carbocycles. The fraction of sp³-hybridized carbons (Fsp3) is 0.538. The SMILES string of the molecule is [B]C(=O)N(C)c1cc2c(c(OCOC)c1)C(=O)O[C@@H](C)[C@H](C)C=CC(O)[C@H]1OC(C)(C)O[C@H]1CC=C2. The van der Waals surface area contributed by atoms with Crippen LogP contribution in [0.25, 0.3) is 6.08 Å². The van der Waals surface area contributed by atoms with Crippen LogP contribution in [0.3, 0.4) is 0 Å². The fourth-order valence-electron chi connectivity index (χ4n) is 4.08. The number of fused-ring (bicyclic) bond motifs is 2. The molecule has 2 aliphatic rings. The molecule has 5 atom stereocenters. The summed E-state index contributed by atoms with van der Waals surface area (Å²) in [4.78, 5) is 26.4. The summed E-state index contributed by atoms with van der Waals surface area (Å²) in [6.45, 7) is 7.13. The highest BCUT2D eigenvalue weighted by atomic mass is 16.8. The van der Waals surface area contributed by atoms with Crippen LogP contribution in [-0.4, -0.2) is 75.9 Å². The maximum absolute atomic E-state index is 13.4. The molecule has 2 heterocycles. The number of carbonyl (C=O) groups excluding carboxylic acids is 2. The van der Waals surface area contributed by atoms with E-state index >= 15 is 0 Å². The molecular weight excluding hydrogens is 465 g/mol. The van der Waals surface area contributed by atoms with Crippen LogP contribution in [0.15, 0.2) is 30.4 Å². The van der Waals surface area contributed by atoms with E-state index in [1.165, 1.54) is 25.1 Å². The number of hydrogen-bond donors (Lipinski definition) is 1. The molecule has 1 fully saturated rings. The predicted octanol–water partition coefficient (Wildman–Crippen LogP) is 3.43. The van der Waals surface area contributed by atoms with Crippen molar-refractivity contribution in [2.45, 2.75) is 64.3 Å². The third-order valence-corrected chi connectivity index (χ3v) is 6.24. The molecule has 2 radical (unpaired) electrons. The normalized spacial score (nSPS) is 28.0. The fourth-order valence-corrected chi connectivity index (χ4v) is 4.08. The molecule has 0 spiro atoms. The summed E-state index contributed by atoms with van der Waals surface area (Å²) in [7, 11) is 8.45. The van der Waals surface area contributed by atoms with Crippen molar-refractivity contribution in [2.75, 3.05) is 25.9 Å². The van der Waals surface area contributed by atoms with E-state index in [1.807, 2.05) is 13.0 Å². The van der Waals surface area contributed by atoms with Crippen molar-refractivity contribution in [1.82, 2.24) is 0 Å². The first kappa shape index (κ1) is 27.9. The molecule has 10 heteroatoms. The lowest BCUT2D eigenvalue weighted by Crippen LogP contribution is -2.34. The van der Waals surface area contributed by atoms with Crippen LogP contribution in [-0.2, 0) is 18.9 Å². The van der Waals surface area contributed by atoms with Crippen LogP contribution in [0.4, 0.5) is 10.5 Å². The van der Waals surface area contributed by atoms with Gasteiger partial charge >= 0.3 is 5.97 Å². The van der Waals surface area contributed by atoms with Crippen LogP contribution >= 0.6 is 0 Å². The van der Waals surface area contributed by atoms with Gasteiger partial charge in [-0.1, -0.05) is 31.2 Å². The maximum atomic E-state index is 13.4. The van der Waals surface area contributed by atoms with Gasteiger partial charge in [0.05, 0.1) is 6.10 Å². The maximum Gasteiger partial charge on any atom is 0.342 e. The molecule has 1 aromatic rings. The van der Waals surface area contributed by atoms with Gasteiger partial charge in [0.1, 0.15) is 29.6 Å². The lowest BCUT2D eigenvalue weighted by Gasteiger charge is -2.24. The van der Waals surface area contributed by atoms with Gasteiger partial charge in [-0.25, -0.2) is 4.79 Å². The second-order valence-corrected chi connectivity index (χ2v) is 9.48. The Kier molecular flexibility index (Phi) is 9.00. The van der Waals surface area contributed by atoms with Gasteiger partial charge in [-0.3, -0.25) is 4.79 Å². The van der Waals surface area contributed by atoms with Crippen LogP contribution < -0.4 is 9.64 Å². The Balaban J connectivity index is 2.12. The second-order valence-electron chi connectivity index (χ2n) is 9.48. The van der Waals surface area contributed by atoms with Crippen molar-refractivity contribution in [3.05, 3.63) is 41.5 Å². The topological polar surface area (TPSA) is 104 Å². The Morgan fingerprint density at radius 2 is 1.97 bits per heavy atom. The van der Waals surface area contributed by atoms with E-state index in [0.29, 0.717) is 17.7 Å². The van der Waals surface area contributed by atoms with Crippen LogP contribution in [0.2, 0.25) is 0 Å². The molecule has 0 aromatic heterocycles. The molecule has 1 N–H and O–H groups in total. The molecule has 194 valence electrons. The molecule has 9 nitrogen and oxygen atoms in total. The number of amides is 1. The Morgan fingerprint density at radius 1 is 1.25 bits per heavy atom. The molecule has 1 unspecified atom stereocenters. The Labute approximate surface area is 213 Å². The summed E-state index contributed by atoms with van der Waals surface area (Å²) in [6, 6.07) is 3.19. The zero-order valence-corrected chi connectivity index (χ0v) is 21.6. The quantitative estimate of drug-likeness (QED) is 0.291. The van der Waals surface area contributed by atoms with Crippen molar-refractivity contribution < 1.29 is 38.4 Å². The molecule has 1 amide bonds. The number of methoxy groups -OCH3 is 1. The summed E-state index contributed by atoms with van der Waals surface area (Å²) < 4.78 is 28.5. The van der Waals surface area contributed by atoms with E-state index in [2.05, 4.69) is 0 Å². The first-order chi connectivity index (χ1) is 16.9. The molecule has 1 saturated heterocycles. The first-order valence-corrected chi connectivity index (χ1v) is 11.9. The minimum atomic E-state index is -0.907. The molecule has 1 aromatic carbocycles. The lowest BCUT2D eigenvalue weighted by atomic mass is 9.98. The number of hydrogen-bond acceptors (Lipinski definition) is 8. The highest BCUT2D eigenvalue weighted by molar-refractivity contribution is 6.60. The summed E-state index contributed by atoms with van der Waals surface area (Å²) in [5, 5.41) is 10.8. The van der Waals surface area contributed by atoms with Crippen molar-refractivity contribution in [3.8, 4) is 5.75 Å². The molecular formula is C26H34BNO8. The number of cyclic esters (lactones) is 1. The minimum Gasteiger partial charge on any atom is -0.467 e. The van der Waals surface area contributed by atoms with E-state index < -0.39 is 42.0 Å². The van der Waals surface area contributed by atoms with Crippen LogP contribution in [0, 0.1) is 5.92 Å². The van der Waals surface area contributed by atoms with E-state index in [4.69, 9.17) is 31.5 Å². The number of esters is 1. The number of rotatable bonds is 4. The zero-order valence-electron chi connectivity index (χ0n) is 21.6. The number of ether oxygens (including phenoxy) is 5. The monoisotopic (exact) mass is 499 g/mol. The smallest absolute Gasteiger partial charge is 0.342 e. The summed E-state index contributed by atoms with van der Waals surface area (Å²) in [5.41, 5.74) is 1.06. The molecule has 0 aliphatic carbocycles. The van der Waals surface area contributed by atoms with Gasteiger partial charge in [0.25, 0.3) is 0 Å². The third kappa shape index (κ3) is 6.56. The predicted molar refractivity (Wildman–Crippen MR) is 135 cm³/mol. The van der Waals surface area contributed by atoms with Gasteiger partial charge < -0.3 is 33.7 Å². The minimum absolute atomic E-state index is 0.121. The van der Waals surface area contributed by atoms with E-state index in [0.717, 1.165) is 0 Å². The van der Waals surface area contributed by atoms with Crippen molar-refractivity contribution in [1.29, 1.82) is 0 Å². The summed E-state index contributed by atoms with van der Waals surface area (Å²) >= 11 is 0. The lowest BCUT2D eigenvalue weighted by molar-refractivity contribution is -0.152. The van der Waals surface area contributed by atoms with Gasteiger partial charge in [-0.2, -0.15) is 0 Å².